The van der Waals surface area contributed by atoms with Crippen LogP contribution in [0.5, 0.6) is 0 Å². The van der Waals surface area contributed by atoms with E-state index in [1.807, 2.05) is 0 Å². The van der Waals surface area contributed by atoms with Crippen LogP contribution >= 0.6 is 0 Å². The molecule has 0 spiro atoms. The highest BCUT2D eigenvalue weighted by Crippen LogP contribution is 2.21. The number of carbonyl (C=O) groups excluding carboxylic acids is 2. The first-order chi connectivity index (χ1) is 13.0. The lowest BCUT2D eigenvalue weighted by molar-refractivity contribution is -0.758. The van der Waals surface area contributed by atoms with Gasteiger partial charge in [-0.3, -0.25) is 4.79 Å². The van der Waals surface area contributed by atoms with Gasteiger partial charge in [0.2, 0.25) is 5.91 Å². The van der Waals surface area contributed by atoms with E-state index in [-0.39, 0.29) is 31.3 Å². The average Bonchev–Trinajstić information content (AvgIpc) is 2.56. The van der Waals surface area contributed by atoms with E-state index in [9.17, 15) is 29.6 Å². The molecule has 1 saturated heterocycles. The summed E-state index contributed by atoms with van der Waals surface area (Å²) in [6, 6.07) is -1.21. The van der Waals surface area contributed by atoms with Crippen molar-refractivity contribution in [3.05, 3.63) is 10.1 Å². The lowest BCUT2D eigenvalue weighted by atomic mass is 9.93. The predicted octanol–water partition coefficient (Wildman–Crippen LogP) is 1.58. The van der Waals surface area contributed by atoms with Crippen LogP contribution in [0.2, 0.25) is 0 Å². The van der Waals surface area contributed by atoms with Crippen molar-refractivity contribution >= 4 is 18.0 Å². The van der Waals surface area contributed by atoms with Gasteiger partial charge in [-0.2, -0.15) is 0 Å². The third-order valence-corrected chi connectivity index (χ3v) is 4.33. The van der Waals surface area contributed by atoms with Crippen LogP contribution in [-0.2, 0) is 19.2 Å². The van der Waals surface area contributed by atoms with E-state index in [2.05, 4.69) is 10.2 Å². The van der Waals surface area contributed by atoms with Crippen molar-refractivity contribution in [2.45, 2.75) is 64.5 Å². The summed E-state index contributed by atoms with van der Waals surface area (Å²) in [6.07, 6.45) is 1.09. The van der Waals surface area contributed by atoms with Crippen LogP contribution < -0.4 is 5.32 Å². The van der Waals surface area contributed by atoms with Crippen molar-refractivity contribution in [1.29, 1.82) is 0 Å². The zero-order valence-electron chi connectivity index (χ0n) is 16.5. The molecule has 0 saturated carbocycles. The molecule has 11 heteroatoms. The quantitative estimate of drug-likeness (QED) is 0.435. The Morgan fingerprint density at radius 1 is 1.29 bits per heavy atom. The number of carboxylic acid groups (broad SMARTS) is 1. The summed E-state index contributed by atoms with van der Waals surface area (Å²) in [6.45, 7) is 6.07. The van der Waals surface area contributed by atoms with Crippen LogP contribution in [0.4, 0.5) is 4.79 Å². The normalized spacial score (nSPS) is 16.2. The van der Waals surface area contributed by atoms with Crippen molar-refractivity contribution in [1.82, 2.24) is 10.2 Å². The Morgan fingerprint density at radius 2 is 1.89 bits per heavy atom. The lowest BCUT2D eigenvalue weighted by Gasteiger charge is -2.32. The summed E-state index contributed by atoms with van der Waals surface area (Å²) in [5, 5.41) is 20.8. The highest BCUT2D eigenvalue weighted by Gasteiger charge is 2.27. The van der Waals surface area contributed by atoms with Gasteiger partial charge in [0, 0.05) is 19.5 Å². The lowest BCUT2D eigenvalue weighted by Crippen LogP contribution is -2.44. The second-order valence-electron chi connectivity index (χ2n) is 7.75. The first-order valence-corrected chi connectivity index (χ1v) is 9.25. The smallest absolute Gasteiger partial charge is 0.408 e. The third-order valence-electron chi connectivity index (χ3n) is 4.33. The summed E-state index contributed by atoms with van der Waals surface area (Å²) < 4.78 is 5.04. The zero-order chi connectivity index (χ0) is 21.3. The number of aliphatic carboxylic acids is 1. The van der Waals surface area contributed by atoms with Crippen LogP contribution in [0.15, 0.2) is 0 Å². The molecule has 0 bridgehead atoms. The molecule has 1 rings (SSSR count). The van der Waals surface area contributed by atoms with E-state index in [1.165, 1.54) is 0 Å². The van der Waals surface area contributed by atoms with Crippen molar-refractivity contribution in [2.24, 2.45) is 5.92 Å². The van der Waals surface area contributed by atoms with Gasteiger partial charge in [0.15, 0.2) is 0 Å². The number of hydrogen-bond donors (Lipinski definition) is 2. The Kier molecular flexibility index (Phi) is 8.93. The molecule has 28 heavy (non-hydrogen) atoms. The van der Waals surface area contributed by atoms with Gasteiger partial charge in [-0.25, -0.2) is 9.59 Å². The molecule has 0 radical (unpaired) electrons. The van der Waals surface area contributed by atoms with Gasteiger partial charge in [0.25, 0.3) is 5.09 Å². The highest BCUT2D eigenvalue weighted by atomic mass is 16.9. The zero-order valence-corrected chi connectivity index (χ0v) is 16.5. The number of likely N-dealkylation sites (tertiary alicyclic amines) is 1. The van der Waals surface area contributed by atoms with E-state index in [1.54, 1.807) is 25.7 Å². The first kappa shape index (κ1) is 23.4. The SMILES string of the molecule is CC(C)(C)OC(=O)N[C@@H](CCC(=O)N1CCC(CCO[N+](=O)[O-])CC1)C(=O)O. The van der Waals surface area contributed by atoms with E-state index in [0.29, 0.717) is 32.4 Å². The fourth-order valence-electron chi connectivity index (χ4n) is 2.90. The Hall–Kier alpha value is -2.59. The van der Waals surface area contributed by atoms with Gasteiger partial charge in [-0.1, -0.05) is 0 Å². The van der Waals surface area contributed by atoms with Gasteiger partial charge in [0.1, 0.15) is 11.6 Å². The van der Waals surface area contributed by atoms with Crippen LogP contribution in [0.3, 0.4) is 0 Å². The van der Waals surface area contributed by atoms with Crippen LogP contribution in [-0.4, -0.2) is 64.4 Å². The summed E-state index contributed by atoms with van der Waals surface area (Å²) in [5.41, 5.74) is -0.752. The van der Waals surface area contributed by atoms with E-state index in [0.717, 1.165) is 0 Å². The molecule has 0 aromatic heterocycles. The van der Waals surface area contributed by atoms with E-state index < -0.39 is 28.8 Å². The van der Waals surface area contributed by atoms with Gasteiger partial charge in [0.05, 0.1) is 6.61 Å². The molecule has 1 fully saturated rings. The number of piperidine rings is 1. The Morgan fingerprint density at radius 3 is 2.39 bits per heavy atom. The number of nitrogens with one attached hydrogen (secondary N) is 1. The Bertz CT molecular complexity index is 567. The summed E-state index contributed by atoms with van der Waals surface area (Å²) >= 11 is 0. The number of rotatable bonds is 9. The fraction of sp³-hybridized carbons (Fsp3) is 0.824. The molecule has 1 aliphatic heterocycles. The molecule has 1 heterocycles. The molecule has 2 N–H and O–H groups in total. The maximum Gasteiger partial charge on any atom is 0.408 e. The van der Waals surface area contributed by atoms with E-state index >= 15 is 0 Å². The highest BCUT2D eigenvalue weighted by molar-refractivity contribution is 5.82. The molecular weight excluding hydrogens is 374 g/mol. The largest absolute Gasteiger partial charge is 0.480 e. The number of alkyl carbamates (subject to hydrolysis) is 1. The molecule has 0 aromatic carbocycles. The van der Waals surface area contributed by atoms with Crippen molar-refractivity contribution in [2.75, 3.05) is 19.7 Å². The van der Waals surface area contributed by atoms with Crippen molar-refractivity contribution in [3.8, 4) is 0 Å². The number of nitrogens with zero attached hydrogens (tertiary/aromatic N) is 2. The Labute approximate surface area is 163 Å². The summed E-state index contributed by atoms with van der Waals surface area (Å²) in [4.78, 5) is 51.5. The number of carbonyl (C=O) groups is 3. The molecule has 1 atom stereocenters. The third kappa shape index (κ3) is 9.38. The average molecular weight is 403 g/mol. The van der Waals surface area contributed by atoms with Gasteiger partial charge in [-0.05, 0) is 52.4 Å². The minimum absolute atomic E-state index is 0.0120. The van der Waals surface area contributed by atoms with Gasteiger partial charge >= 0.3 is 12.1 Å². The topological polar surface area (TPSA) is 148 Å². The number of ether oxygens (including phenoxy) is 1. The van der Waals surface area contributed by atoms with Crippen LogP contribution in [0.25, 0.3) is 0 Å². The fourth-order valence-corrected chi connectivity index (χ4v) is 2.90. The van der Waals surface area contributed by atoms with Gasteiger partial charge in [-0.15, -0.1) is 10.1 Å². The summed E-state index contributed by atoms with van der Waals surface area (Å²) in [5.74, 6) is -1.16. The van der Waals surface area contributed by atoms with Gasteiger partial charge < -0.3 is 24.9 Å². The maximum atomic E-state index is 12.3. The standard InChI is InChI=1S/C17H29N3O8/c1-17(2,3)28-16(24)18-13(15(22)23)4-5-14(21)19-9-6-12(7-10-19)8-11-27-20(25)26/h12-13H,4-11H2,1-3H3,(H,18,24)(H,22,23)/t13-/m0/s1. The van der Waals surface area contributed by atoms with Crippen LogP contribution in [0, 0.1) is 16.0 Å². The van der Waals surface area contributed by atoms with E-state index in [4.69, 9.17) is 4.74 Å². The minimum Gasteiger partial charge on any atom is -0.480 e. The molecule has 0 aromatic rings. The maximum absolute atomic E-state index is 12.3. The first-order valence-electron chi connectivity index (χ1n) is 9.25. The second-order valence-corrected chi connectivity index (χ2v) is 7.75. The molecule has 2 amide bonds. The van der Waals surface area contributed by atoms with Crippen LogP contribution in [0.1, 0.15) is 52.9 Å². The molecule has 0 aliphatic carbocycles. The van der Waals surface area contributed by atoms with Crippen molar-refractivity contribution < 1.29 is 34.2 Å². The minimum atomic E-state index is -1.23. The monoisotopic (exact) mass is 403 g/mol. The Balaban J connectivity index is 2.38. The number of amides is 2. The molecule has 11 nitrogen and oxygen atoms in total. The molecule has 1 aliphatic rings. The second kappa shape index (κ2) is 10.7. The summed E-state index contributed by atoms with van der Waals surface area (Å²) in [7, 11) is 0. The number of hydrogen-bond acceptors (Lipinski definition) is 7. The molecule has 0 unspecified atom stereocenters. The molecule has 160 valence electrons. The predicted molar refractivity (Wildman–Crippen MR) is 96.9 cm³/mol. The van der Waals surface area contributed by atoms with Crippen molar-refractivity contribution in [3.63, 3.8) is 0 Å². The molecular formula is C17H29N3O8. The number of carboxylic acids is 1.